The summed E-state index contributed by atoms with van der Waals surface area (Å²) in [4.78, 5) is 4.19. The number of hydrogen-bond acceptors (Lipinski definition) is 2. The van der Waals surface area contributed by atoms with Gasteiger partial charge in [0.25, 0.3) is 0 Å². The van der Waals surface area contributed by atoms with E-state index in [9.17, 15) is 0 Å². The van der Waals surface area contributed by atoms with Gasteiger partial charge in [0, 0.05) is 17.9 Å². The lowest BCUT2D eigenvalue weighted by Crippen LogP contribution is -2.10. The highest BCUT2D eigenvalue weighted by atomic mass is 14.7. The molecule has 2 nitrogen and oxygen atoms in total. The first-order chi connectivity index (χ1) is 8.75. The van der Waals surface area contributed by atoms with Crippen LogP contribution in [0.2, 0.25) is 0 Å². The standard InChI is InChI=1S/C16H20N2/c1-13-12-15(10-11-18-13)16(17)9-5-8-14-6-3-2-4-7-14/h2-4,6-7,10-12,16H,5,8-9,17H2,1H3. The van der Waals surface area contributed by atoms with E-state index in [1.807, 2.05) is 19.2 Å². The second kappa shape index (κ2) is 6.31. The Bertz CT molecular complexity index is 479. The molecule has 0 aliphatic carbocycles. The van der Waals surface area contributed by atoms with Crippen LogP contribution in [0.15, 0.2) is 48.7 Å². The normalized spacial score (nSPS) is 12.3. The van der Waals surface area contributed by atoms with Crippen molar-refractivity contribution in [2.24, 2.45) is 5.73 Å². The van der Waals surface area contributed by atoms with Gasteiger partial charge < -0.3 is 5.73 Å². The van der Waals surface area contributed by atoms with Crippen molar-refractivity contribution in [1.82, 2.24) is 4.98 Å². The average Bonchev–Trinajstić information content (AvgIpc) is 2.40. The molecule has 0 spiro atoms. The molecule has 1 aromatic heterocycles. The molecule has 1 unspecified atom stereocenters. The van der Waals surface area contributed by atoms with Crippen LogP contribution in [-0.2, 0) is 6.42 Å². The molecule has 0 radical (unpaired) electrons. The van der Waals surface area contributed by atoms with E-state index in [2.05, 4.69) is 41.4 Å². The Morgan fingerprint density at radius 3 is 2.67 bits per heavy atom. The minimum atomic E-state index is 0.121. The molecule has 1 atom stereocenters. The van der Waals surface area contributed by atoms with Gasteiger partial charge in [-0.3, -0.25) is 4.98 Å². The minimum absolute atomic E-state index is 0.121. The van der Waals surface area contributed by atoms with Crippen molar-refractivity contribution in [3.8, 4) is 0 Å². The van der Waals surface area contributed by atoms with E-state index in [0.717, 1.165) is 25.0 Å². The molecule has 0 amide bonds. The molecule has 2 heteroatoms. The summed E-state index contributed by atoms with van der Waals surface area (Å²) in [6.45, 7) is 2.00. The summed E-state index contributed by atoms with van der Waals surface area (Å²) in [5.74, 6) is 0. The number of nitrogens with zero attached hydrogens (tertiary/aromatic N) is 1. The highest BCUT2D eigenvalue weighted by Gasteiger charge is 2.06. The molecule has 1 aromatic carbocycles. The largest absolute Gasteiger partial charge is 0.324 e. The zero-order chi connectivity index (χ0) is 12.8. The third kappa shape index (κ3) is 3.67. The van der Waals surface area contributed by atoms with Crippen molar-refractivity contribution >= 4 is 0 Å². The number of nitrogens with two attached hydrogens (primary N) is 1. The van der Waals surface area contributed by atoms with Crippen LogP contribution in [0.4, 0.5) is 0 Å². The predicted octanol–water partition coefficient (Wildman–Crippen LogP) is 3.41. The first-order valence-electron chi connectivity index (χ1n) is 6.48. The number of benzene rings is 1. The van der Waals surface area contributed by atoms with E-state index in [4.69, 9.17) is 5.73 Å². The maximum absolute atomic E-state index is 6.20. The summed E-state index contributed by atoms with van der Waals surface area (Å²) in [5, 5.41) is 0. The lowest BCUT2D eigenvalue weighted by molar-refractivity contribution is 0.610. The van der Waals surface area contributed by atoms with Gasteiger partial charge in [-0.2, -0.15) is 0 Å². The fraction of sp³-hybridized carbons (Fsp3) is 0.312. The van der Waals surface area contributed by atoms with Crippen LogP contribution in [0, 0.1) is 6.92 Å². The zero-order valence-electron chi connectivity index (χ0n) is 10.8. The Morgan fingerprint density at radius 1 is 1.17 bits per heavy atom. The summed E-state index contributed by atoms with van der Waals surface area (Å²) in [6.07, 6.45) is 5.06. The molecule has 94 valence electrons. The van der Waals surface area contributed by atoms with Crippen molar-refractivity contribution < 1.29 is 0 Å². The SMILES string of the molecule is Cc1cc(C(N)CCCc2ccccc2)ccn1. The lowest BCUT2D eigenvalue weighted by Gasteiger charge is -2.12. The van der Waals surface area contributed by atoms with E-state index in [1.54, 1.807) is 0 Å². The molecule has 2 N–H and O–H groups in total. The van der Waals surface area contributed by atoms with E-state index in [-0.39, 0.29) is 6.04 Å². The van der Waals surface area contributed by atoms with Crippen molar-refractivity contribution in [2.45, 2.75) is 32.2 Å². The molecular weight excluding hydrogens is 220 g/mol. The van der Waals surface area contributed by atoms with E-state index in [0.29, 0.717) is 0 Å². The van der Waals surface area contributed by atoms with E-state index >= 15 is 0 Å². The first-order valence-corrected chi connectivity index (χ1v) is 6.48. The summed E-state index contributed by atoms with van der Waals surface area (Å²) in [5.41, 5.74) is 9.81. The van der Waals surface area contributed by atoms with Crippen LogP contribution in [-0.4, -0.2) is 4.98 Å². The highest BCUT2D eigenvalue weighted by molar-refractivity contribution is 5.19. The van der Waals surface area contributed by atoms with Crippen molar-refractivity contribution in [1.29, 1.82) is 0 Å². The van der Waals surface area contributed by atoms with Gasteiger partial charge in [0.05, 0.1) is 0 Å². The zero-order valence-corrected chi connectivity index (χ0v) is 10.8. The van der Waals surface area contributed by atoms with Gasteiger partial charge in [-0.1, -0.05) is 30.3 Å². The van der Waals surface area contributed by atoms with Crippen LogP contribution in [0.5, 0.6) is 0 Å². The molecule has 0 aliphatic heterocycles. The van der Waals surface area contributed by atoms with Crippen molar-refractivity contribution in [3.05, 3.63) is 65.5 Å². The number of aromatic nitrogens is 1. The van der Waals surface area contributed by atoms with Gasteiger partial charge in [-0.15, -0.1) is 0 Å². The third-order valence-corrected chi connectivity index (χ3v) is 3.17. The van der Waals surface area contributed by atoms with Gasteiger partial charge in [-0.25, -0.2) is 0 Å². The molecular formula is C16H20N2. The van der Waals surface area contributed by atoms with Crippen LogP contribution >= 0.6 is 0 Å². The Labute approximate surface area is 109 Å². The molecule has 0 aliphatic rings. The maximum Gasteiger partial charge on any atom is 0.0375 e. The topological polar surface area (TPSA) is 38.9 Å². The third-order valence-electron chi connectivity index (χ3n) is 3.17. The smallest absolute Gasteiger partial charge is 0.0375 e. The Morgan fingerprint density at radius 2 is 1.94 bits per heavy atom. The molecule has 18 heavy (non-hydrogen) atoms. The minimum Gasteiger partial charge on any atom is -0.324 e. The van der Waals surface area contributed by atoms with Gasteiger partial charge in [0.15, 0.2) is 0 Å². The fourth-order valence-corrected chi connectivity index (χ4v) is 2.14. The molecule has 0 bridgehead atoms. The Hall–Kier alpha value is -1.67. The monoisotopic (exact) mass is 240 g/mol. The van der Waals surface area contributed by atoms with Crippen LogP contribution < -0.4 is 5.73 Å². The number of hydrogen-bond donors (Lipinski definition) is 1. The summed E-state index contributed by atoms with van der Waals surface area (Å²) in [7, 11) is 0. The Kier molecular flexibility index (Phi) is 4.48. The van der Waals surface area contributed by atoms with Crippen molar-refractivity contribution in [2.75, 3.05) is 0 Å². The molecule has 0 fully saturated rings. The quantitative estimate of drug-likeness (QED) is 0.869. The first kappa shape index (κ1) is 12.8. The number of pyridine rings is 1. The van der Waals surface area contributed by atoms with Gasteiger partial charge in [0.2, 0.25) is 0 Å². The van der Waals surface area contributed by atoms with Crippen LogP contribution in [0.25, 0.3) is 0 Å². The van der Waals surface area contributed by atoms with Crippen molar-refractivity contribution in [3.63, 3.8) is 0 Å². The molecule has 2 aromatic rings. The van der Waals surface area contributed by atoms with E-state index < -0.39 is 0 Å². The second-order valence-corrected chi connectivity index (χ2v) is 4.71. The van der Waals surface area contributed by atoms with Gasteiger partial charge in [-0.05, 0) is 49.4 Å². The predicted molar refractivity (Wildman–Crippen MR) is 75.3 cm³/mol. The maximum atomic E-state index is 6.20. The molecule has 0 saturated carbocycles. The average molecular weight is 240 g/mol. The number of aryl methyl sites for hydroxylation is 2. The van der Waals surface area contributed by atoms with Gasteiger partial charge in [0.1, 0.15) is 0 Å². The second-order valence-electron chi connectivity index (χ2n) is 4.71. The van der Waals surface area contributed by atoms with Gasteiger partial charge >= 0.3 is 0 Å². The summed E-state index contributed by atoms with van der Waals surface area (Å²) >= 11 is 0. The molecule has 2 rings (SSSR count). The molecule has 1 heterocycles. The number of rotatable bonds is 5. The van der Waals surface area contributed by atoms with Crippen LogP contribution in [0.1, 0.15) is 35.7 Å². The highest BCUT2D eigenvalue weighted by Crippen LogP contribution is 2.17. The summed E-state index contributed by atoms with van der Waals surface area (Å²) in [6, 6.07) is 14.8. The fourth-order valence-electron chi connectivity index (χ4n) is 2.14. The summed E-state index contributed by atoms with van der Waals surface area (Å²) < 4.78 is 0. The lowest BCUT2D eigenvalue weighted by atomic mass is 10.00. The van der Waals surface area contributed by atoms with Crippen LogP contribution in [0.3, 0.4) is 0 Å². The van der Waals surface area contributed by atoms with E-state index in [1.165, 1.54) is 11.1 Å². The Balaban J connectivity index is 1.83. The molecule has 0 saturated heterocycles.